The Morgan fingerprint density at radius 3 is 2.74 bits per heavy atom. The lowest BCUT2D eigenvalue weighted by Crippen LogP contribution is -2.17. The van der Waals surface area contributed by atoms with Gasteiger partial charge in [0.05, 0.1) is 10.4 Å². The summed E-state index contributed by atoms with van der Waals surface area (Å²) < 4.78 is 0.869. The summed E-state index contributed by atoms with van der Waals surface area (Å²) in [6.07, 6.45) is 4.14. The van der Waals surface area contributed by atoms with Crippen molar-refractivity contribution in [3.63, 3.8) is 0 Å². The van der Waals surface area contributed by atoms with Crippen molar-refractivity contribution in [1.82, 2.24) is 9.97 Å². The standard InChI is InChI=1S/C13H13BrN2O2S/c14-8-5-6-19-10(8)11-15-12(17)9(13(18)16-11)7-3-1-2-4-7/h5-7H,1-4H2,(H2,15,16,17,18). The van der Waals surface area contributed by atoms with E-state index in [9.17, 15) is 9.90 Å². The van der Waals surface area contributed by atoms with Gasteiger partial charge >= 0.3 is 0 Å². The number of hydrogen-bond donors (Lipinski definition) is 2. The van der Waals surface area contributed by atoms with Crippen LogP contribution in [-0.2, 0) is 0 Å². The lowest BCUT2D eigenvalue weighted by molar-refractivity contribution is 0.436. The Hall–Kier alpha value is -1.14. The van der Waals surface area contributed by atoms with Gasteiger partial charge in [-0.15, -0.1) is 11.3 Å². The molecule has 0 aromatic carbocycles. The van der Waals surface area contributed by atoms with E-state index in [1.54, 1.807) is 0 Å². The molecule has 1 aliphatic rings. The minimum absolute atomic E-state index is 0.119. The quantitative estimate of drug-likeness (QED) is 0.877. The lowest BCUT2D eigenvalue weighted by atomic mass is 10.00. The SMILES string of the molecule is O=c1[nH]c(-c2sccc2Br)nc(O)c1C1CCCC1. The van der Waals surface area contributed by atoms with Gasteiger partial charge in [-0.25, -0.2) is 0 Å². The van der Waals surface area contributed by atoms with E-state index in [1.165, 1.54) is 11.3 Å². The van der Waals surface area contributed by atoms with E-state index in [4.69, 9.17) is 0 Å². The van der Waals surface area contributed by atoms with Crippen LogP contribution in [0.4, 0.5) is 0 Å². The van der Waals surface area contributed by atoms with Crippen LogP contribution >= 0.6 is 27.3 Å². The average Bonchev–Trinajstić information content (AvgIpc) is 2.99. The second-order valence-corrected chi connectivity index (χ2v) is 6.50. The van der Waals surface area contributed by atoms with Crippen molar-refractivity contribution < 1.29 is 5.11 Å². The third kappa shape index (κ3) is 2.34. The summed E-state index contributed by atoms with van der Waals surface area (Å²) in [4.78, 5) is 20.0. The van der Waals surface area contributed by atoms with Crippen molar-refractivity contribution in [2.24, 2.45) is 0 Å². The summed E-state index contributed by atoms with van der Waals surface area (Å²) in [7, 11) is 0. The maximum atomic E-state index is 12.2. The molecule has 2 N–H and O–H groups in total. The Kier molecular flexibility index (Phi) is 3.45. The number of rotatable bonds is 2. The molecule has 0 spiro atoms. The lowest BCUT2D eigenvalue weighted by Gasteiger charge is -2.10. The predicted octanol–water partition coefficient (Wildman–Crippen LogP) is 3.62. The first-order valence-electron chi connectivity index (χ1n) is 6.23. The fourth-order valence-corrected chi connectivity index (χ4v) is 4.13. The summed E-state index contributed by atoms with van der Waals surface area (Å²) in [5, 5.41) is 12.0. The van der Waals surface area contributed by atoms with E-state index in [-0.39, 0.29) is 17.4 Å². The highest BCUT2D eigenvalue weighted by Gasteiger charge is 2.25. The van der Waals surface area contributed by atoms with Crippen molar-refractivity contribution in [2.75, 3.05) is 0 Å². The first kappa shape index (κ1) is 12.9. The molecular weight excluding hydrogens is 328 g/mol. The van der Waals surface area contributed by atoms with Crippen LogP contribution in [0.25, 0.3) is 10.7 Å². The Balaban J connectivity index is 2.07. The number of aromatic amines is 1. The smallest absolute Gasteiger partial charge is 0.258 e. The second-order valence-electron chi connectivity index (χ2n) is 4.73. The van der Waals surface area contributed by atoms with Crippen molar-refractivity contribution in [2.45, 2.75) is 31.6 Å². The van der Waals surface area contributed by atoms with Gasteiger partial charge in [-0.05, 0) is 46.1 Å². The van der Waals surface area contributed by atoms with Crippen LogP contribution in [0.15, 0.2) is 20.7 Å². The van der Waals surface area contributed by atoms with Gasteiger partial charge in [0.1, 0.15) is 0 Å². The monoisotopic (exact) mass is 340 g/mol. The van der Waals surface area contributed by atoms with Gasteiger partial charge in [-0.1, -0.05) is 12.8 Å². The number of nitrogens with zero attached hydrogens (tertiary/aromatic N) is 1. The van der Waals surface area contributed by atoms with E-state index in [2.05, 4.69) is 25.9 Å². The first-order valence-corrected chi connectivity index (χ1v) is 7.90. The highest BCUT2D eigenvalue weighted by Crippen LogP contribution is 2.37. The number of aromatic hydroxyl groups is 1. The molecule has 2 aromatic heterocycles. The Morgan fingerprint density at radius 2 is 2.16 bits per heavy atom. The zero-order chi connectivity index (χ0) is 13.4. The fraction of sp³-hybridized carbons (Fsp3) is 0.385. The fourth-order valence-electron chi connectivity index (χ4n) is 2.62. The minimum atomic E-state index is -0.213. The molecule has 0 atom stereocenters. The molecule has 0 unspecified atom stereocenters. The van der Waals surface area contributed by atoms with Crippen molar-refractivity contribution in [1.29, 1.82) is 0 Å². The van der Waals surface area contributed by atoms with E-state index in [0.717, 1.165) is 35.0 Å². The van der Waals surface area contributed by atoms with E-state index in [0.29, 0.717) is 11.4 Å². The largest absolute Gasteiger partial charge is 0.493 e. The maximum absolute atomic E-state index is 12.2. The molecule has 0 radical (unpaired) electrons. The van der Waals surface area contributed by atoms with Crippen LogP contribution in [-0.4, -0.2) is 15.1 Å². The molecule has 0 saturated heterocycles. The molecule has 1 aliphatic carbocycles. The van der Waals surface area contributed by atoms with Crippen molar-refractivity contribution in [3.05, 3.63) is 31.8 Å². The van der Waals surface area contributed by atoms with Crippen molar-refractivity contribution in [3.8, 4) is 16.6 Å². The van der Waals surface area contributed by atoms with E-state index < -0.39 is 0 Å². The normalized spacial score (nSPS) is 16.1. The van der Waals surface area contributed by atoms with Gasteiger partial charge in [0.15, 0.2) is 5.82 Å². The van der Waals surface area contributed by atoms with Gasteiger partial charge in [0, 0.05) is 4.47 Å². The summed E-state index contributed by atoms with van der Waals surface area (Å²) >= 11 is 4.87. The van der Waals surface area contributed by atoms with Gasteiger partial charge < -0.3 is 10.1 Å². The molecule has 3 rings (SSSR count). The van der Waals surface area contributed by atoms with Crippen LogP contribution in [0.1, 0.15) is 37.2 Å². The molecule has 1 saturated carbocycles. The number of H-pyrrole nitrogens is 1. The van der Waals surface area contributed by atoms with Gasteiger partial charge in [0.2, 0.25) is 5.88 Å². The molecule has 0 aliphatic heterocycles. The molecule has 0 amide bonds. The van der Waals surface area contributed by atoms with Crippen LogP contribution in [0.5, 0.6) is 5.88 Å². The summed E-state index contributed by atoms with van der Waals surface area (Å²) in [5.41, 5.74) is 0.239. The highest BCUT2D eigenvalue weighted by atomic mass is 79.9. The van der Waals surface area contributed by atoms with Gasteiger partial charge in [0.25, 0.3) is 5.56 Å². The number of hydrogen-bond acceptors (Lipinski definition) is 4. The first-order chi connectivity index (χ1) is 9.16. The zero-order valence-corrected chi connectivity index (χ0v) is 12.6. The summed E-state index contributed by atoms with van der Waals surface area (Å²) in [6, 6.07) is 1.89. The Bertz CT molecular complexity index is 659. The Morgan fingerprint density at radius 1 is 1.42 bits per heavy atom. The number of thiophene rings is 1. The molecule has 6 heteroatoms. The average molecular weight is 341 g/mol. The van der Waals surface area contributed by atoms with Crippen LogP contribution < -0.4 is 5.56 Å². The zero-order valence-electron chi connectivity index (χ0n) is 10.1. The summed E-state index contributed by atoms with van der Waals surface area (Å²) in [5.74, 6) is 0.453. The maximum Gasteiger partial charge on any atom is 0.258 e. The molecule has 100 valence electrons. The van der Waals surface area contributed by atoms with Crippen LogP contribution in [0.3, 0.4) is 0 Å². The molecule has 19 heavy (non-hydrogen) atoms. The minimum Gasteiger partial charge on any atom is -0.493 e. The van der Waals surface area contributed by atoms with Crippen LogP contribution in [0, 0.1) is 0 Å². The second kappa shape index (κ2) is 5.09. The van der Waals surface area contributed by atoms with Crippen molar-refractivity contribution >= 4 is 27.3 Å². The molecule has 1 fully saturated rings. The molecule has 2 heterocycles. The number of halogens is 1. The molecule has 0 bridgehead atoms. The number of nitrogens with one attached hydrogen (secondary N) is 1. The summed E-state index contributed by atoms with van der Waals surface area (Å²) in [6.45, 7) is 0. The number of aromatic nitrogens is 2. The third-order valence-corrected chi connectivity index (χ3v) is 5.38. The Labute approximate surface area is 122 Å². The predicted molar refractivity (Wildman–Crippen MR) is 78.7 cm³/mol. The van der Waals surface area contributed by atoms with E-state index in [1.807, 2.05) is 11.4 Å². The van der Waals surface area contributed by atoms with Gasteiger partial charge in [-0.2, -0.15) is 4.98 Å². The van der Waals surface area contributed by atoms with E-state index >= 15 is 0 Å². The molecule has 2 aromatic rings. The topological polar surface area (TPSA) is 66.0 Å². The van der Waals surface area contributed by atoms with Crippen LogP contribution in [0.2, 0.25) is 0 Å². The highest BCUT2D eigenvalue weighted by molar-refractivity contribution is 9.10. The third-order valence-electron chi connectivity index (χ3n) is 3.53. The molecule has 4 nitrogen and oxygen atoms in total. The van der Waals surface area contributed by atoms with Gasteiger partial charge in [-0.3, -0.25) is 4.79 Å². The molecular formula is C13H13BrN2O2S.